The summed E-state index contributed by atoms with van der Waals surface area (Å²) in [5, 5.41) is 2.26. The van der Waals surface area contributed by atoms with Crippen molar-refractivity contribution in [3.05, 3.63) is 75.6 Å². The molecule has 0 nitrogen and oxygen atoms in total. The fraction of sp³-hybridized carbons (Fsp3) is 0.167. The molecule has 2 rings (SSSR count). The second-order valence-corrected chi connectivity index (χ2v) is 4.90. The summed E-state index contributed by atoms with van der Waals surface area (Å²) in [6, 6.07) is 6.36. The lowest BCUT2D eigenvalue weighted by atomic mass is 9.93. The third-order valence-electron chi connectivity index (χ3n) is 3.17. The van der Waals surface area contributed by atoms with E-state index in [-0.39, 0.29) is 0 Å². The van der Waals surface area contributed by atoms with E-state index in [1.165, 1.54) is 27.8 Å². The SMILES string of the molecule is C=c1cc(C)ccc1=CC=C1C=CC(C)=C[C-]1C. The minimum Gasteiger partial charge on any atom is -0.146 e. The van der Waals surface area contributed by atoms with E-state index in [0.717, 1.165) is 5.22 Å². The number of benzene rings is 1. The predicted octanol–water partition coefficient (Wildman–Crippen LogP) is 3.22. The minimum atomic E-state index is 1.08. The van der Waals surface area contributed by atoms with Crippen LogP contribution in [0, 0.1) is 12.8 Å². The number of allylic oxidation sites excluding steroid dienone is 6. The van der Waals surface area contributed by atoms with Crippen molar-refractivity contribution in [2.45, 2.75) is 20.8 Å². The lowest BCUT2D eigenvalue weighted by Crippen LogP contribution is -2.22. The second-order valence-electron chi connectivity index (χ2n) is 4.90. The number of hydrogen-bond donors (Lipinski definition) is 0. The summed E-state index contributed by atoms with van der Waals surface area (Å²) >= 11 is 0. The molecule has 0 saturated heterocycles. The van der Waals surface area contributed by atoms with Crippen molar-refractivity contribution in [3.63, 3.8) is 0 Å². The topological polar surface area (TPSA) is 0 Å². The Kier molecular flexibility index (Phi) is 3.57. The summed E-state index contributed by atoms with van der Waals surface area (Å²) in [5.41, 5.74) is 3.82. The van der Waals surface area contributed by atoms with Crippen LogP contribution in [0.25, 0.3) is 12.7 Å². The molecule has 0 aromatic heterocycles. The maximum Gasteiger partial charge on any atom is -0.0261 e. The molecule has 0 N–H and O–H groups in total. The first-order valence-corrected chi connectivity index (χ1v) is 6.24. The maximum absolute atomic E-state index is 4.08. The van der Waals surface area contributed by atoms with Gasteiger partial charge >= 0.3 is 0 Å². The molecule has 0 heteroatoms. The summed E-state index contributed by atoms with van der Waals surface area (Å²) in [6.45, 7) is 10.4. The van der Waals surface area contributed by atoms with Gasteiger partial charge in [0.15, 0.2) is 0 Å². The van der Waals surface area contributed by atoms with E-state index >= 15 is 0 Å². The fourth-order valence-corrected chi connectivity index (χ4v) is 2.09. The van der Waals surface area contributed by atoms with Gasteiger partial charge in [-0.15, -0.1) is 41.4 Å². The molecule has 18 heavy (non-hydrogen) atoms. The van der Waals surface area contributed by atoms with E-state index in [9.17, 15) is 0 Å². The zero-order chi connectivity index (χ0) is 13.1. The van der Waals surface area contributed by atoms with Gasteiger partial charge in [0.2, 0.25) is 0 Å². The van der Waals surface area contributed by atoms with Gasteiger partial charge in [-0.1, -0.05) is 50.3 Å². The monoisotopic (exact) mass is 235 g/mol. The van der Waals surface area contributed by atoms with Gasteiger partial charge in [0.1, 0.15) is 0 Å². The van der Waals surface area contributed by atoms with Crippen LogP contribution in [0.4, 0.5) is 0 Å². The van der Waals surface area contributed by atoms with Crippen molar-refractivity contribution < 1.29 is 0 Å². The van der Waals surface area contributed by atoms with E-state index in [0.29, 0.717) is 0 Å². The van der Waals surface area contributed by atoms with Gasteiger partial charge in [0, 0.05) is 0 Å². The van der Waals surface area contributed by atoms with Crippen LogP contribution in [0.2, 0.25) is 0 Å². The van der Waals surface area contributed by atoms with Crippen molar-refractivity contribution >= 4 is 12.7 Å². The molecule has 0 radical (unpaired) electrons. The van der Waals surface area contributed by atoms with E-state index < -0.39 is 0 Å². The minimum absolute atomic E-state index is 1.08. The van der Waals surface area contributed by atoms with Gasteiger partial charge in [-0.3, -0.25) is 0 Å². The van der Waals surface area contributed by atoms with Crippen LogP contribution >= 0.6 is 0 Å². The average Bonchev–Trinajstić information content (AvgIpc) is 2.30. The van der Waals surface area contributed by atoms with Gasteiger partial charge in [0.05, 0.1) is 0 Å². The van der Waals surface area contributed by atoms with Crippen molar-refractivity contribution in [1.82, 2.24) is 0 Å². The molecular formula is C18H19-. The van der Waals surface area contributed by atoms with E-state index in [2.05, 4.69) is 75.9 Å². The Balaban J connectivity index is 2.36. The first-order valence-electron chi connectivity index (χ1n) is 6.24. The fourth-order valence-electron chi connectivity index (χ4n) is 2.09. The van der Waals surface area contributed by atoms with Crippen molar-refractivity contribution in [2.75, 3.05) is 0 Å². The first-order chi connectivity index (χ1) is 8.56. The van der Waals surface area contributed by atoms with Crippen LogP contribution in [0.15, 0.2) is 53.6 Å². The third-order valence-corrected chi connectivity index (χ3v) is 3.17. The van der Waals surface area contributed by atoms with Crippen LogP contribution in [-0.2, 0) is 0 Å². The Morgan fingerprint density at radius 2 is 1.89 bits per heavy atom. The summed E-state index contributed by atoms with van der Waals surface area (Å²) in [5.74, 6) is 1.31. The smallest absolute Gasteiger partial charge is 0.0261 e. The Morgan fingerprint density at radius 1 is 1.11 bits per heavy atom. The Hall–Kier alpha value is -1.95. The first kappa shape index (κ1) is 12.5. The highest BCUT2D eigenvalue weighted by molar-refractivity contribution is 5.54. The third kappa shape index (κ3) is 2.84. The molecule has 0 heterocycles. The van der Waals surface area contributed by atoms with Crippen molar-refractivity contribution in [1.29, 1.82) is 0 Å². The molecule has 0 amide bonds. The number of aryl methyl sites for hydroxylation is 1. The maximum atomic E-state index is 4.08. The molecule has 1 aromatic carbocycles. The Morgan fingerprint density at radius 3 is 2.56 bits per heavy atom. The molecule has 0 unspecified atom stereocenters. The number of hydrogen-bond acceptors (Lipinski definition) is 0. The molecule has 1 aromatic rings. The van der Waals surface area contributed by atoms with Gasteiger partial charge in [0.25, 0.3) is 0 Å². The van der Waals surface area contributed by atoms with Crippen molar-refractivity contribution in [2.24, 2.45) is 0 Å². The molecule has 92 valence electrons. The van der Waals surface area contributed by atoms with E-state index in [4.69, 9.17) is 0 Å². The summed E-state index contributed by atoms with van der Waals surface area (Å²) in [6.07, 6.45) is 10.8. The van der Waals surface area contributed by atoms with Gasteiger partial charge in [-0.25, -0.2) is 0 Å². The average molecular weight is 235 g/mol. The summed E-state index contributed by atoms with van der Waals surface area (Å²) in [7, 11) is 0. The van der Waals surface area contributed by atoms with Gasteiger partial charge < -0.3 is 0 Å². The number of rotatable bonds is 1. The lowest BCUT2D eigenvalue weighted by molar-refractivity contribution is 1.21. The molecule has 1 aliphatic carbocycles. The zero-order valence-corrected chi connectivity index (χ0v) is 11.3. The second kappa shape index (κ2) is 5.14. The zero-order valence-electron chi connectivity index (χ0n) is 11.3. The van der Waals surface area contributed by atoms with Crippen LogP contribution < -0.4 is 10.4 Å². The lowest BCUT2D eigenvalue weighted by Gasteiger charge is -2.22. The largest absolute Gasteiger partial charge is 0.146 e. The quantitative estimate of drug-likeness (QED) is 0.656. The Bertz CT molecular complexity index is 639. The highest BCUT2D eigenvalue weighted by Gasteiger charge is 1.97. The van der Waals surface area contributed by atoms with Crippen LogP contribution in [0.5, 0.6) is 0 Å². The molecule has 0 fully saturated rings. The van der Waals surface area contributed by atoms with Crippen LogP contribution in [0.1, 0.15) is 19.4 Å². The highest BCUT2D eigenvalue weighted by atomic mass is 14.1. The molecule has 0 atom stereocenters. The summed E-state index contributed by atoms with van der Waals surface area (Å²) < 4.78 is 0. The molecule has 0 saturated carbocycles. The standard InChI is InChI=1S/C18H19/c1-13-5-7-17(15(3)11-13)9-10-18-8-6-14(2)12-16(18)4/h5-12H,3H2,1-2,4H3/q-1. The molecular weight excluding hydrogens is 216 g/mol. The normalized spacial score (nSPS) is 18.4. The van der Waals surface area contributed by atoms with Crippen molar-refractivity contribution in [3.8, 4) is 0 Å². The molecule has 1 aliphatic rings. The van der Waals surface area contributed by atoms with Crippen LogP contribution in [-0.4, -0.2) is 0 Å². The van der Waals surface area contributed by atoms with E-state index in [1.807, 2.05) is 0 Å². The molecule has 0 spiro atoms. The Labute approximate surface area is 109 Å². The van der Waals surface area contributed by atoms with Gasteiger partial charge in [-0.2, -0.15) is 0 Å². The molecule has 0 aliphatic heterocycles. The van der Waals surface area contributed by atoms with Gasteiger partial charge in [-0.05, 0) is 17.4 Å². The predicted molar refractivity (Wildman–Crippen MR) is 80.3 cm³/mol. The van der Waals surface area contributed by atoms with E-state index in [1.54, 1.807) is 0 Å². The molecule has 0 bridgehead atoms. The van der Waals surface area contributed by atoms with Crippen LogP contribution in [0.3, 0.4) is 0 Å². The highest BCUT2D eigenvalue weighted by Crippen LogP contribution is 2.23. The summed E-state index contributed by atoms with van der Waals surface area (Å²) in [4.78, 5) is 0.